The van der Waals surface area contributed by atoms with Crippen molar-refractivity contribution in [3.8, 4) is 0 Å². The van der Waals surface area contributed by atoms with E-state index >= 15 is 0 Å². The summed E-state index contributed by atoms with van der Waals surface area (Å²) in [6.07, 6.45) is 0.277. The molecule has 0 saturated carbocycles. The average molecular weight is 192 g/mol. The van der Waals surface area contributed by atoms with E-state index in [1.807, 2.05) is 6.08 Å². The van der Waals surface area contributed by atoms with Crippen LogP contribution in [0.3, 0.4) is 0 Å². The van der Waals surface area contributed by atoms with Crippen LogP contribution in [-0.2, 0) is 9.53 Å². The molecule has 1 unspecified atom stereocenters. The van der Waals surface area contributed by atoms with E-state index in [0.717, 1.165) is 0 Å². The Morgan fingerprint density at radius 2 is 2.23 bits per heavy atom. The monoisotopic (exact) mass is 192 g/mol. The lowest BCUT2D eigenvalue weighted by Crippen LogP contribution is -2.36. The normalized spacial score (nSPS) is 23.1. The fourth-order valence-electron chi connectivity index (χ4n) is 1.13. The summed E-state index contributed by atoms with van der Waals surface area (Å²) in [6, 6.07) is 0. The lowest BCUT2D eigenvalue weighted by Gasteiger charge is -2.22. The molecule has 0 bridgehead atoms. The molecule has 0 aliphatic heterocycles. The Morgan fingerprint density at radius 3 is 2.69 bits per heavy atom. The van der Waals surface area contributed by atoms with E-state index in [4.69, 9.17) is 5.11 Å². The van der Waals surface area contributed by atoms with E-state index in [0.29, 0.717) is 19.3 Å². The first-order valence-corrected chi connectivity index (χ1v) is 3.96. The van der Waals surface area contributed by atoms with Crippen LogP contribution < -0.4 is 0 Å². The summed E-state index contributed by atoms with van der Waals surface area (Å²) in [7, 11) is 0. The number of aliphatic carboxylic acids is 1. The van der Waals surface area contributed by atoms with Gasteiger partial charge in [0.1, 0.15) is 0 Å². The molecule has 0 amide bonds. The molecule has 74 valence electrons. The van der Waals surface area contributed by atoms with Gasteiger partial charge in [-0.1, -0.05) is 12.2 Å². The zero-order valence-electron chi connectivity index (χ0n) is 6.87. The van der Waals surface area contributed by atoms with E-state index < -0.39 is 18.2 Å². The molecule has 1 atom stereocenters. The molecule has 5 heteroatoms. The summed E-state index contributed by atoms with van der Waals surface area (Å²) < 4.78 is 29.1. The predicted molar refractivity (Wildman–Crippen MR) is 40.4 cm³/mol. The standard InChI is InChI=1S/C8H10F2O3/c9-8(10,7(11)12)13-6-4-2-1-3-5-6/h1-2,6H,3-5H2,(H,11,12). The summed E-state index contributed by atoms with van der Waals surface area (Å²) >= 11 is 0. The second-order valence-electron chi connectivity index (χ2n) is 2.85. The van der Waals surface area contributed by atoms with E-state index in [9.17, 15) is 13.6 Å². The quantitative estimate of drug-likeness (QED) is 0.693. The summed E-state index contributed by atoms with van der Waals surface area (Å²) in [6.45, 7) is 0. The molecule has 1 aliphatic carbocycles. The molecule has 0 aromatic rings. The Morgan fingerprint density at radius 1 is 1.54 bits per heavy atom. The van der Waals surface area contributed by atoms with Crippen LogP contribution in [-0.4, -0.2) is 23.3 Å². The van der Waals surface area contributed by atoms with Gasteiger partial charge in [-0.2, -0.15) is 8.78 Å². The van der Waals surface area contributed by atoms with Gasteiger partial charge >= 0.3 is 12.1 Å². The van der Waals surface area contributed by atoms with Gasteiger partial charge in [-0.25, -0.2) is 4.79 Å². The van der Waals surface area contributed by atoms with Crippen LogP contribution in [0.4, 0.5) is 8.78 Å². The van der Waals surface area contributed by atoms with Crippen LogP contribution in [0.25, 0.3) is 0 Å². The van der Waals surface area contributed by atoms with Gasteiger partial charge < -0.3 is 9.84 Å². The highest BCUT2D eigenvalue weighted by Gasteiger charge is 2.42. The molecule has 0 radical (unpaired) electrons. The minimum Gasteiger partial charge on any atom is -0.475 e. The van der Waals surface area contributed by atoms with Gasteiger partial charge in [0.05, 0.1) is 6.10 Å². The first kappa shape index (κ1) is 10.1. The Hall–Kier alpha value is -0.970. The van der Waals surface area contributed by atoms with Crippen molar-refractivity contribution in [1.29, 1.82) is 0 Å². The maximum atomic E-state index is 12.5. The Labute approximate surface area is 74.0 Å². The van der Waals surface area contributed by atoms with Crippen molar-refractivity contribution in [3.05, 3.63) is 12.2 Å². The number of carboxylic acid groups (broad SMARTS) is 1. The summed E-state index contributed by atoms with van der Waals surface area (Å²) in [5.74, 6) is -2.23. The fourth-order valence-corrected chi connectivity index (χ4v) is 1.13. The van der Waals surface area contributed by atoms with Gasteiger partial charge in [0, 0.05) is 0 Å². The second-order valence-corrected chi connectivity index (χ2v) is 2.85. The van der Waals surface area contributed by atoms with Crippen LogP contribution >= 0.6 is 0 Å². The summed E-state index contributed by atoms with van der Waals surface area (Å²) in [4.78, 5) is 10.0. The van der Waals surface area contributed by atoms with E-state index in [2.05, 4.69) is 4.74 Å². The van der Waals surface area contributed by atoms with Gasteiger partial charge in [0.25, 0.3) is 0 Å². The molecule has 0 heterocycles. The van der Waals surface area contributed by atoms with Crippen molar-refractivity contribution >= 4 is 5.97 Å². The molecule has 0 fully saturated rings. The number of carboxylic acids is 1. The van der Waals surface area contributed by atoms with E-state index in [1.165, 1.54) is 0 Å². The van der Waals surface area contributed by atoms with Crippen LogP contribution in [0.15, 0.2) is 12.2 Å². The van der Waals surface area contributed by atoms with Crippen molar-refractivity contribution in [2.45, 2.75) is 31.5 Å². The van der Waals surface area contributed by atoms with Crippen LogP contribution in [0.2, 0.25) is 0 Å². The van der Waals surface area contributed by atoms with Crippen molar-refractivity contribution in [2.75, 3.05) is 0 Å². The number of allylic oxidation sites excluding steroid dienone is 1. The highest BCUT2D eigenvalue weighted by atomic mass is 19.3. The lowest BCUT2D eigenvalue weighted by atomic mass is 10.1. The van der Waals surface area contributed by atoms with Gasteiger partial charge in [0.2, 0.25) is 0 Å². The molecule has 0 aromatic carbocycles. The average Bonchev–Trinajstić information content (AvgIpc) is 2.05. The number of halogens is 2. The first-order chi connectivity index (χ1) is 6.02. The molecule has 0 aromatic heterocycles. The second kappa shape index (κ2) is 3.83. The maximum absolute atomic E-state index is 12.5. The highest BCUT2D eigenvalue weighted by Crippen LogP contribution is 2.24. The highest BCUT2D eigenvalue weighted by molar-refractivity contribution is 5.73. The Bertz CT molecular complexity index is 225. The number of ether oxygens (including phenoxy) is 1. The van der Waals surface area contributed by atoms with Gasteiger partial charge in [-0.3, -0.25) is 0 Å². The third-order valence-electron chi connectivity index (χ3n) is 1.78. The number of carbonyl (C=O) groups is 1. The predicted octanol–water partition coefficient (Wildman–Crippen LogP) is 1.79. The number of alkyl halides is 2. The number of hydrogen-bond acceptors (Lipinski definition) is 2. The number of hydrogen-bond donors (Lipinski definition) is 1. The molecule has 0 spiro atoms. The lowest BCUT2D eigenvalue weighted by molar-refractivity contribution is -0.263. The smallest absolute Gasteiger partial charge is 0.456 e. The molecule has 1 N–H and O–H groups in total. The van der Waals surface area contributed by atoms with Crippen molar-refractivity contribution < 1.29 is 23.4 Å². The first-order valence-electron chi connectivity index (χ1n) is 3.96. The molecule has 13 heavy (non-hydrogen) atoms. The maximum Gasteiger partial charge on any atom is 0.456 e. The SMILES string of the molecule is O=C(O)C(F)(F)OC1CC=CCC1. The molecular formula is C8H10F2O3. The van der Waals surface area contributed by atoms with Crippen molar-refractivity contribution in [2.24, 2.45) is 0 Å². The van der Waals surface area contributed by atoms with Crippen molar-refractivity contribution in [1.82, 2.24) is 0 Å². The largest absolute Gasteiger partial charge is 0.475 e. The van der Waals surface area contributed by atoms with Crippen molar-refractivity contribution in [3.63, 3.8) is 0 Å². The topological polar surface area (TPSA) is 46.5 Å². The van der Waals surface area contributed by atoms with E-state index in [1.54, 1.807) is 6.08 Å². The Kier molecular flexibility index (Phi) is 2.98. The zero-order valence-corrected chi connectivity index (χ0v) is 6.87. The molecule has 3 nitrogen and oxygen atoms in total. The van der Waals surface area contributed by atoms with E-state index in [-0.39, 0.29) is 0 Å². The number of rotatable bonds is 3. The summed E-state index contributed by atoms with van der Waals surface area (Å²) in [5, 5.41) is 8.08. The van der Waals surface area contributed by atoms with Crippen LogP contribution in [0, 0.1) is 0 Å². The van der Waals surface area contributed by atoms with Gasteiger partial charge in [0.15, 0.2) is 0 Å². The molecule has 1 rings (SSSR count). The minimum atomic E-state index is -4.06. The zero-order chi connectivity index (χ0) is 9.90. The molecule has 1 aliphatic rings. The van der Waals surface area contributed by atoms with Crippen LogP contribution in [0.1, 0.15) is 19.3 Å². The minimum absolute atomic E-state index is 0.350. The third-order valence-corrected chi connectivity index (χ3v) is 1.78. The third kappa shape index (κ3) is 2.77. The van der Waals surface area contributed by atoms with Crippen LogP contribution in [0.5, 0.6) is 0 Å². The van der Waals surface area contributed by atoms with Gasteiger partial charge in [-0.15, -0.1) is 0 Å². The molecule has 0 saturated heterocycles. The van der Waals surface area contributed by atoms with Gasteiger partial charge in [-0.05, 0) is 19.3 Å². The molecular weight excluding hydrogens is 182 g/mol. The summed E-state index contributed by atoms with van der Waals surface area (Å²) in [5.41, 5.74) is 0. The fraction of sp³-hybridized carbons (Fsp3) is 0.625. The Balaban J connectivity index is 2.47.